The maximum absolute atomic E-state index is 12.5. The molecule has 8 nitrogen and oxygen atoms in total. The van der Waals surface area contributed by atoms with Crippen molar-refractivity contribution in [3.63, 3.8) is 0 Å². The van der Waals surface area contributed by atoms with Gasteiger partial charge in [-0.05, 0) is 56.3 Å². The number of carboxylic acid groups (broad SMARTS) is 1. The smallest absolute Gasteiger partial charge is 0.322 e. The van der Waals surface area contributed by atoms with E-state index in [0.29, 0.717) is 22.6 Å². The number of Topliss-reactive ketones (excluding diaryl/α,β-unsaturated/α-hetero) is 1. The lowest BCUT2D eigenvalue weighted by atomic mass is 9.92. The third kappa shape index (κ3) is 4.78. The number of amides is 2. The SMILES string of the molecule is CC1(C)CC(=O)c2cc(C(=O)Nc3ccc(C(=O)NCC(=O)O)cc3)ccc2O1. The van der Waals surface area contributed by atoms with Crippen LogP contribution in [-0.2, 0) is 4.79 Å². The van der Waals surface area contributed by atoms with E-state index in [2.05, 4.69) is 10.6 Å². The molecule has 3 rings (SSSR count). The number of fused-ring (bicyclic) bond motifs is 1. The molecule has 2 aromatic rings. The number of benzene rings is 2. The number of carbonyl (C=O) groups is 4. The van der Waals surface area contributed by atoms with Crippen LogP contribution >= 0.6 is 0 Å². The van der Waals surface area contributed by atoms with Crippen LogP contribution in [0.2, 0.25) is 0 Å². The van der Waals surface area contributed by atoms with Crippen molar-refractivity contribution in [2.75, 3.05) is 11.9 Å². The molecule has 0 saturated carbocycles. The van der Waals surface area contributed by atoms with Gasteiger partial charge in [0.15, 0.2) is 5.78 Å². The van der Waals surface area contributed by atoms with Crippen LogP contribution in [0.15, 0.2) is 42.5 Å². The summed E-state index contributed by atoms with van der Waals surface area (Å²) in [6, 6.07) is 10.7. The van der Waals surface area contributed by atoms with Crippen molar-refractivity contribution in [2.45, 2.75) is 25.9 Å². The van der Waals surface area contributed by atoms with Gasteiger partial charge in [0.25, 0.3) is 11.8 Å². The van der Waals surface area contributed by atoms with Gasteiger partial charge in [0.2, 0.25) is 0 Å². The summed E-state index contributed by atoms with van der Waals surface area (Å²) in [7, 11) is 0. The standard InChI is InChI=1S/C21H20N2O6/c1-21(2)10-16(24)15-9-13(5-8-17(15)29-21)20(28)23-14-6-3-12(4-7-14)19(27)22-11-18(25)26/h3-9H,10-11H2,1-2H3,(H,22,27)(H,23,28)(H,25,26). The Morgan fingerprint density at radius 1 is 1.03 bits per heavy atom. The Bertz CT molecular complexity index is 995. The zero-order chi connectivity index (χ0) is 21.2. The van der Waals surface area contributed by atoms with E-state index in [9.17, 15) is 19.2 Å². The first kappa shape index (κ1) is 20.1. The lowest BCUT2D eigenvalue weighted by Gasteiger charge is -2.31. The van der Waals surface area contributed by atoms with Crippen LogP contribution in [-0.4, -0.2) is 40.8 Å². The van der Waals surface area contributed by atoms with Gasteiger partial charge in [-0.1, -0.05) is 0 Å². The Morgan fingerprint density at radius 3 is 2.34 bits per heavy atom. The highest BCUT2D eigenvalue weighted by Gasteiger charge is 2.32. The Labute approximate surface area is 166 Å². The maximum atomic E-state index is 12.5. The summed E-state index contributed by atoms with van der Waals surface area (Å²) < 4.78 is 5.79. The fourth-order valence-electron chi connectivity index (χ4n) is 2.96. The molecule has 150 valence electrons. The fraction of sp³-hybridized carbons (Fsp3) is 0.238. The number of carboxylic acids is 1. The molecule has 2 amide bonds. The number of aliphatic carboxylic acids is 1. The van der Waals surface area contributed by atoms with Gasteiger partial charge in [0.1, 0.15) is 17.9 Å². The summed E-state index contributed by atoms with van der Waals surface area (Å²) in [5.41, 5.74) is 0.826. The zero-order valence-corrected chi connectivity index (χ0v) is 15.9. The number of nitrogens with one attached hydrogen (secondary N) is 2. The summed E-state index contributed by atoms with van der Waals surface area (Å²) in [5, 5.41) is 13.5. The first-order chi connectivity index (χ1) is 13.6. The van der Waals surface area contributed by atoms with Gasteiger partial charge in [-0.3, -0.25) is 19.2 Å². The van der Waals surface area contributed by atoms with Crippen molar-refractivity contribution in [1.82, 2.24) is 5.32 Å². The number of carbonyl (C=O) groups excluding carboxylic acids is 3. The molecule has 0 spiro atoms. The lowest BCUT2D eigenvalue weighted by Crippen LogP contribution is -2.36. The summed E-state index contributed by atoms with van der Waals surface area (Å²) in [6.07, 6.45) is 0.233. The number of anilines is 1. The van der Waals surface area contributed by atoms with Crippen LogP contribution in [0, 0.1) is 0 Å². The van der Waals surface area contributed by atoms with Crippen LogP contribution in [0.1, 0.15) is 51.3 Å². The zero-order valence-electron chi connectivity index (χ0n) is 15.9. The van der Waals surface area contributed by atoms with E-state index in [0.717, 1.165) is 0 Å². The molecule has 0 fully saturated rings. The lowest BCUT2D eigenvalue weighted by molar-refractivity contribution is -0.135. The van der Waals surface area contributed by atoms with Gasteiger partial charge in [-0.25, -0.2) is 0 Å². The van der Waals surface area contributed by atoms with E-state index < -0.39 is 29.9 Å². The van der Waals surface area contributed by atoms with E-state index in [1.54, 1.807) is 12.1 Å². The molecule has 2 aromatic carbocycles. The Hall–Kier alpha value is -3.68. The van der Waals surface area contributed by atoms with E-state index >= 15 is 0 Å². The number of ether oxygens (including phenoxy) is 1. The number of ketones is 1. The molecule has 0 aromatic heterocycles. The maximum Gasteiger partial charge on any atom is 0.322 e. The number of hydrogen-bond donors (Lipinski definition) is 3. The van der Waals surface area contributed by atoms with Gasteiger partial charge in [-0.15, -0.1) is 0 Å². The quantitative estimate of drug-likeness (QED) is 0.714. The molecule has 0 saturated heterocycles. The average molecular weight is 396 g/mol. The summed E-state index contributed by atoms with van der Waals surface area (Å²) in [6.45, 7) is 3.19. The molecule has 3 N–H and O–H groups in total. The van der Waals surface area contributed by atoms with Crippen LogP contribution < -0.4 is 15.4 Å². The molecule has 0 bridgehead atoms. The predicted molar refractivity (Wildman–Crippen MR) is 104 cm³/mol. The third-order valence-corrected chi connectivity index (χ3v) is 4.32. The summed E-state index contributed by atoms with van der Waals surface area (Å²) >= 11 is 0. The molecule has 0 unspecified atom stereocenters. The van der Waals surface area contributed by atoms with E-state index in [-0.39, 0.29) is 17.8 Å². The molecular formula is C21H20N2O6. The minimum absolute atomic E-state index is 0.0809. The van der Waals surface area contributed by atoms with Crippen LogP contribution in [0.4, 0.5) is 5.69 Å². The van der Waals surface area contributed by atoms with Crippen molar-refractivity contribution in [3.8, 4) is 5.75 Å². The molecule has 1 aliphatic heterocycles. The highest BCUT2D eigenvalue weighted by atomic mass is 16.5. The molecule has 29 heavy (non-hydrogen) atoms. The van der Waals surface area contributed by atoms with E-state index in [1.165, 1.54) is 30.3 Å². The first-order valence-electron chi connectivity index (χ1n) is 8.92. The highest BCUT2D eigenvalue weighted by Crippen LogP contribution is 2.33. The van der Waals surface area contributed by atoms with Crippen LogP contribution in [0.3, 0.4) is 0 Å². The van der Waals surface area contributed by atoms with Crippen molar-refractivity contribution < 1.29 is 29.0 Å². The third-order valence-electron chi connectivity index (χ3n) is 4.32. The first-order valence-corrected chi connectivity index (χ1v) is 8.92. The van der Waals surface area contributed by atoms with E-state index in [1.807, 2.05) is 13.8 Å². The van der Waals surface area contributed by atoms with Crippen molar-refractivity contribution >= 4 is 29.3 Å². The average Bonchev–Trinajstić information content (AvgIpc) is 2.65. The van der Waals surface area contributed by atoms with Crippen molar-refractivity contribution in [1.29, 1.82) is 0 Å². The topological polar surface area (TPSA) is 122 Å². The van der Waals surface area contributed by atoms with Crippen molar-refractivity contribution in [2.24, 2.45) is 0 Å². The summed E-state index contributed by atoms with van der Waals surface area (Å²) in [5.74, 6) is -1.70. The largest absolute Gasteiger partial charge is 0.487 e. The van der Waals surface area contributed by atoms with Gasteiger partial charge in [-0.2, -0.15) is 0 Å². The van der Waals surface area contributed by atoms with Crippen LogP contribution in [0.5, 0.6) is 5.75 Å². The minimum Gasteiger partial charge on any atom is -0.487 e. The molecule has 1 aliphatic rings. The predicted octanol–water partition coefficient (Wildman–Crippen LogP) is 2.50. The Kier molecular flexibility index (Phi) is 5.36. The van der Waals surface area contributed by atoms with Gasteiger partial charge in [0.05, 0.1) is 12.0 Å². The Balaban J connectivity index is 1.69. The Morgan fingerprint density at radius 2 is 1.69 bits per heavy atom. The molecule has 1 heterocycles. The molecular weight excluding hydrogens is 376 g/mol. The van der Waals surface area contributed by atoms with Gasteiger partial charge in [0, 0.05) is 16.8 Å². The second-order valence-corrected chi connectivity index (χ2v) is 7.28. The summed E-state index contributed by atoms with van der Waals surface area (Å²) in [4.78, 5) is 47.2. The second kappa shape index (κ2) is 7.75. The molecule has 0 radical (unpaired) electrons. The second-order valence-electron chi connectivity index (χ2n) is 7.28. The van der Waals surface area contributed by atoms with Gasteiger partial charge < -0.3 is 20.5 Å². The minimum atomic E-state index is -1.14. The van der Waals surface area contributed by atoms with Crippen LogP contribution in [0.25, 0.3) is 0 Å². The fourth-order valence-corrected chi connectivity index (χ4v) is 2.96. The normalized spacial score (nSPS) is 14.3. The monoisotopic (exact) mass is 396 g/mol. The molecule has 0 atom stereocenters. The highest BCUT2D eigenvalue weighted by molar-refractivity contribution is 6.08. The van der Waals surface area contributed by atoms with E-state index in [4.69, 9.17) is 9.84 Å². The molecule has 0 aliphatic carbocycles. The van der Waals surface area contributed by atoms with Gasteiger partial charge >= 0.3 is 5.97 Å². The molecule has 8 heteroatoms. The van der Waals surface area contributed by atoms with Crippen molar-refractivity contribution in [3.05, 3.63) is 59.2 Å². The number of rotatable bonds is 5. The number of hydrogen-bond acceptors (Lipinski definition) is 5.